The number of aromatic nitrogens is 4. The number of hydrogen-bond acceptors (Lipinski definition) is 6. The Labute approximate surface area is 149 Å². The third-order valence-electron chi connectivity index (χ3n) is 3.68. The van der Waals surface area contributed by atoms with Gasteiger partial charge < -0.3 is 10.1 Å². The van der Waals surface area contributed by atoms with Gasteiger partial charge in [-0.15, -0.1) is 10.2 Å². The van der Waals surface area contributed by atoms with Gasteiger partial charge in [0.15, 0.2) is 5.16 Å². The maximum atomic E-state index is 12.5. The zero-order valence-electron chi connectivity index (χ0n) is 14.5. The Morgan fingerprint density at radius 1 is 1.28 bits per heavy atom. The molecule has 0 fully saturated rings. The van der Waals surface area contributed by atoms with Gasteiger partial charge in [-0.3, -0.25) is 9.20 Å². The first-order chi connectivity index (χ1) is 12.0. The molecular weight excluding hydrogens is 338 g/mol. The van der Waals surface area contributed by atoms with Gasteiger partial charge >= 0.3 is 0 Å². The molecule has 7 nitrogen and oxygen atoms in total. The average molecular weight is 357 g/mol. The maximum Gasteiger partial charge on any atom is 0.256 e. The van der Waals surface area contributed by atoms with E-state index in [1.54, 1.807) is 19.2 Å². The van der Waals surface area contributed by atoms with E-state index in [0.29, 0.717) is 22.4 Å². The summed E-state index contributed by atoms with van der Waals surface area (Å²) in [4.78, 5) is 16.9. The summed E-state index contributed by atoms with van der Waals surface area (Å²) in [5, 5.41) is 11.4. The zero-order chi connectivity index (χ0) is 18.0. The molecule has 1 amide bonds. The SMILES string of the molecule is COc1ccccc1NC(=O)C(C)Sc1nnc2nc(C)cc(C)n12. The quantitative estimate of drug-likeness (QED) is 0.707. The van der Waals surface area contributed by atoms with Crippen molar-refractivity contribution in [3.05, 3.63) is 41.7 Å². The minimum atomic E-state index is -0.363. The first-order valence-electron chi connectivity index (χ1n) is 7.79. The summed E-state index contributed by atoms with van der Waals surface area (Å²) in [7, 11) is 1.57. The predicted octanol–water partition coefficient (Wildman–Crippen LogP) is 2.87. The molecule has 1 atom stereocenters. The van der Waals surface area contributed by atoms with Gasteiger partial charge in [0.2, 0.25) is 5.91 Å². The minimum Gasteiger partial charge on any atom is -0.495 e. The van der Waals surface area contributed by atoms with E-state index in [-0.39, 0.29) is 11.2 Å². The van der Waals surface area contributed by atoms with Crippen LogP contribution in [0.1, 0.15) is 18.3 Å². The minimum absolute atomic E-state index is 0.135. The maximum absolute atomic E-state index is 12.5. The number of hydrogen-bond donors (Lipinski definition) is 1. The Bertz CT molecular complexity index is 925. The summed E-state index contributed by atoms with van der Waals surface area (Å²) in [5.41, 5.74) is 2.50. The number of rotatable bonds is 5. The van der Waals surface area contributed by atoms with Crippen molar-refractivity contribution in [3.63, 3.8) is 0 Å². The largest absolute Gasteiger partial charge is 0.495 e. The third kappa shape index (κ3) is 3.58. The normalized spacial score (nSPS) is 12.2. The lowest BCUT2D eigenvalue weighted by atomic mass is 10.3. The van der Waals surface area contributed by atoms with Crippen molar-refractivity contribution >= 4 is 29.1 Å². The van der Waals surface area contributed by atoms with Crippen LogP contribution in [0.25, 0.3) is 5.78 Å². The van der Waals surface area contributed by atoms with Crippen LogP contribution in [-0.2, 0) is 4.79 Å². The standard InChI is InChI=1S/C17H19N5O2S/c1-10-9-11(2)22-16(18-10)20-21-17(22)25-12(3)15(23)19-13-7-5-6-8-14(13)24-4/h5-9,12H,1-4H3,(H,19,23). The van der Waals surface area contributed by atoms with Crippen molar-refractivity contribution in [1.82, 2.24) is 19.6 Å². The van der Waals surface area contributed by atoms with Crippen LogP contribution in [-0.4, -0.2) is 37.8 Å². The van der Waals surface area contributed by atoms with Gasteiger partial charge in [-0.1, -0.05) is 23.9 Å². The molecule has 0 aliphatic rings. The molecule has 0 saturated heterocycles. The first kappa shape index (κ1) is 17.2. The highest BCUT2D eigenvalue weighted by atomic mass is 32.2. The summed E-state index contributed by atoms with van der Waals surface area (Å²) >= 11 is 1.34. The van der Waals surface area contributed by atoms with Crippen LogP contribution in [0.5, 0.6) is 5.75 Å². The van der Waals surface area contributed by atoms with E-state index in [2.05, 4.69) is 20.5 Å². The van der Waals surface area contributed by atoms with Crippen molar-refractivity contribution in [3.8, 4) is 5.75 Å². The number of thioether (sulfide) groups is 1. The predicted molar refractivity (Wildman–Crippen MR) is 97.2 cm³/mol. The number of benzene rings is 1. The number of ether oxygens (including phenoxy) is 1. The Hall–Kier alpha value is -2.61. The summed E-state index contributed by atoms with van der Waals surface area (Å²) in [6.45, 7) is 5.71. The monoisotopic (exact) mass is 357 g/mol. The second-order valence-electron chi connectivity index (χ2n) is 5.61. The number of aryl methyl sites for hydroxylation is 2. The van der Waals surface area contributed by atoms with E-state index < -0.39 is 0 Å². The number of nitrogens with one attached hydrogen (secondary N) is 1. The van der Waals surface area contributed by atoms with Gasteiger partial charge in [-0.25, -0.2) is 4.98 Å². The molecule has 1 unspecified atom stereocenters. The molecular formula is C17H19N5O2S. The Balaban J connectivity index is 1.78. The van der Waals surface area contributed by atoms with Crippen molar-refractivity contribution in [1.29, 1.82) is 0 Å². The molecule has 130 valence electrons. The molecule has 25 heavy (non-hydrogen) atoms. The van der Waals surface area contributed by atoms with Crippen molar-refractivity contribution in [2.45, 2.75) is 31.2 Å². The summed E-state index contributed by atoms with van der Waals surface area (Å²) in [5.74, 6) is 1.03. The van der Waals surface area contributed by atoms with Crippen molar-refractivity contribution in [2.24, 2.45) is 0 Å². The number of methoxy groups -OCH3 is 1. The molecule has 1 aromatic carbocycles. The van der Waals surface area contributed by atoms with Gasteiger partial charge in [0.25, 0.3) is 5.78 Å². The van der Waals surface area contributed by atoms with E-state index in [9.17, 15) is 4.79 Å². The fraction of sp³-hybridized carbons (Fsp3) is 0.294. The lowest BCUT2D eigenvalue weighted by molar-refractivity contribution is -0.115. The van der Waals surface area contributed by atoms with Crippen LogP contribution in [0.4, 0.5) is 5.69 Å². The average Bonchev–Trinajstić information content (AvgIpc) is 2.98. The van der Waals surface area contributed by atoms with E-state index in [4.69, 9.17) is 4.74 Å². The molecule has 0 saturated carbocycles. The van der Waals surface area contributed by atoms with Gasteiger partial charge in [0, 0.05) is 11.4 Å². The van der Waals surface area contributed by atoms with E-state index in [0.717, 1.165) is 11.4 Å². The second kappa shape index (κ2) is 7.10. The van der Waals surface area contributed by atoms with E-state index in [1.807, 2.05) is 43.4 Å². The zero-order valence-corrected chi connectivity index (χ0v) is 15.3. The summed E-state index contributed by atoms with van der Waals surface area (Å²) in [6, 6.07) is 9.26. The van der Waals surface area contributed by atoms with Crippen LogP contribution in [0.15, 0.2) is 35.5 Å². The molecule has 0 aliphatic carbocycles. The van der Waals surface area contributed by atoms with E-state index >= 15 is 0 Å². The smallest absolute Gasteiger partial charge is 0.256 e. The second-order valence-corrected chi connectivity index (χ2v) is 6.91. The van der Waals surface area contributed by atoms with Crippen LogP contribution in [0.3, 0.4) is 0 Å². The number of amides is 1. The lowest BCUT2D eigenvalue weighted by Gasteiger charge is -2.13. The number of carbonyl (C=O) groups is 1. The molecule has 2 heterocycles. The van der Waals surface area contributed by atoms with Gasteiger partial charge in [-0.05, 0) is 39.0 Å². The number of anilines is 1. The fourth-order valence-corrected chi connectivity index (χ4v) is 3.37. The number of fused-ring (bicyclic) bond motifs is 1. The molecule has 3 rings (SSSR count). The summed E-state index contributed by atoms with van der Waals surface area (Å²) < 4.78 is 7.11. The summed E-state index contributed by atoms with van der Waals surface area (Å²) in [6.07, 6.45) is 0. The molecule has 3 aromatic rings. The third-order valence-corrected chi connectivity index (χ3v) is 4.72. The molecule has 0 aliphatic heterocycles. The van der Waals surface area contributed by atoms with Crippen LogP contribution >= 0.6 is 11.8 Å². The van der Waals surface area contributed by atoms with Gasteiger partial charge in [0.1, 0.15) is 5.75 Å². The van der Waals surface area contributed by atoms with E-state index in [1.165, 1.54) is 11.8 Å². The van der Waals surface area contributed by atoms with Crippen LogP contribution < -0.4 is 10.1 Å². The highest BCUT2D eigenvalue weighted by Crippen LogP contribution is 2.27. The molecule has 8 heteroatoms. The topological polar surface area (TPSA) is 81.4 Å². The molecule has 2 aromatic heterocycles. The Kier molecular flexibility index (Phi) is 4.89. The molecule has 0 radical (unpaired) electrons. The first-order valence-corrected chi connectivity index (χ1v) is 8.67. The van der Waals surface area contributed by atoms with Crippen LogP contribution in [0.2, 0.25) is 0 Å². The van der Waals surface area contributed by atoms with Crippen molar-refractivity contribution in [2.75, 3.05) is 12.4 Å². The van der Waals surface area contributed by atoms with Gasteiger partial charge in [-0.2, -0.15) is 0 Å². The Morgan fingerprint density at radius 3 is 2.80 bits per heavy atom. The molecule has 0 spiro atoms. The number of nitrogens with zero attached hydrogens (tertiary/aromatic N) is 4. The van der Waals surface area contributed by atoms with Crippen LogP contribution in [0, 0.1) is 13.8 Å². The Morgan fingerprint density at radius 2 is 2.04 bits per heavy atom. The number of carbonyl (C=O) groups excluding carboxylic acids is 1. The highest BCUT2D eigenvalue weighted by molar-refractivity contribution is 8.00. The molecule has 0 bridgehead atoms. The fourth-order valence-electron chi connectivity index (χ4n) is 2.47. The molecule has 1 N–H and O–H groups in total. The number of para-hydroxylation sites is 2. The van der Waals surface area contributed by atoms with Gasteiger partial charge in [0.05, 0.1) is 18.0 Å². The lowest BCUT2D eigenvalue weighted by Crippen LogP contribution is -2.23. The van der Waals surface area contributed by atoms with Crippen molar-refractivity contribution < 1.29 is 9.53 Å². The highest BCUT2D eigenvalue weighted by Gasteiger charge is 2.20.